The van der Waals surface area contributed by atoms with Crippen molar-refractivity contribution in [2.45, 2.75) is 22.6 Å². The van der Waals surface area contributed by atoms with Gasteiger partial charge in [0.25, 0.3) is 0 Å². The lowest BCUT2D eigenvalue weighted by atomic mass is 10.3. The third-order valence-corrected chi connectivity index (χ3v) is 5.28. The van der Waals surface area contributed by atoms with Crippen molar-refractivity contribution in [2.24, 2.45) is 0 Å². The van der Waals surface area contributed by atoms with Crippen LogP contribution in [0.2, 0.25) is 0 Å². The van der Waals surface area contributed by atoms with Crippen LogP contribution < -0.4 is 10.6 Å². The van der Waals surface area contributed by atoms with Crippen molar-refractivity contribution in [1.29, 1.82) is 0 Å². The quantitative estimate of drug-likeness (QED) is 0.788. The smallest absolute Gasteiger partial charge is 0.241 e. The molecule has 0 spiro atoms. The number of hydrogen-bond donors (Lipinski definition) is 2. The van der Waals surface area contributed by atoms with Gasteiger partial charge in [0.15, 0.2) is 0 Å². The Morgan fingerprint density at radius 2 is 1.62 bits per heavy atom. The van der Waals surface area contributed by atoms with Crippen LogP contribution in [0.15, 0.2) is 64.4 Å². The lowest BCUT2D eigenvalue weighted by molar-refractivity contribution is -0.131. The van der Waals surface area contributed by atoms with Crippen LogP contribution in [-0.2, 0) is 9.59 Å². The van der Waals surface area contributed by atoms with Crippen molar-refractivity contribution < 1.29 is 9.59 Å². The molecule has 3 rings (SSSR count). The van der Waals surface area contributed by atoms with Crippen LogP contribution in [0.25, 0.3) is 0 Å². The molecule has 0 radical (unpaired) electrons. The van der Waals surface area contributed by atoms with E-state index in [2.05, 4.69) is 22.8 Å². The summed E-state index contributed by atoms with van der Waals surface area (Å²) in [5.74, 6) is -0.187. The predicted molar refractivity (Wildman–Crippen MR) is 104 cm³/mol. The zero-order chi connectivity index (χ0) is 18.2. The van der Waals surface area contributed by atoms with Crippen molar-refractivity contribution >= 4 is 29.3 Å². The van der Waals surface area contributed by atoms with Gasteiger partial charge in [-0.2, -0.15) is 0 Å². The number of anilines is 1. The van der Waals surface area contributed by atoms with Crippen LogP contribution in [0.3, 0.4) is 0 Å². The second-order valence-corrected chi connectivity index (χ2v) is 7.24. The van der Waals surface area contributed by atoms with Crippen molar-refractivity contribution in [1.82, 2.24) is 10.2 Å². The highest BCUT2D eigenvalue weighted by Gasteiger charge is 2.18. The Kier molecular flexibility index (Phi) is 6.55. The number of nitrogens with zero attached hydrogens (tertiary/aromatic N) is 1. The van der Waals surface area contributed by atoms with Gasteiger partial charge in [-0.3, -0.25) is 9.59 Å². The average Bonchev–Trinajstić information content (AvgIpc) is 3.21. The molecule has 2 amide bonds. The summed E-state index contributed by atoms with van der Waals surface area (Å²) in [7, 11) is 0. The Morgan fingerprint density at radius 1 is 0.923 bits per heavy atom. The topological polar surface area (TPSA) is 61.4 Å². The molecular formula is C20H23N3O2S. The molecule has 0 aliphatic carbocycles. The molecule has 1 heterocycles. The van der Waals surface area contributed by atoms with Crippen LogP contribution in [0.5, 0.6) is 0 Å². The summed E-state index contributed by atoms with van der Waals surface area (Å²) in [6.07, 6.45) is 2.11. The Hall–Kier alpha value is -2.47. The highest BCUT2D eigenvalue weighted by Crippen LogP contribution is 2.32. The summed E-state index contributed by atoms with van der Waals surface area (Å²) < 4.78 is 0. The van der Waals surface area contributed by atoms with Gasteiger partial charge in [0, 0.05) is 28.6 Å². The molecule has 0 saturated carbocycles. The summed E-state index contributed by atoms with van der Waals surface area (Å²) in [6, 6.07) is 18.0. The monoisotopic (exact) mass is 369 g/mol. The summed E-state index contributed by atoms with van der Waals surface area (Å²) in [5.41, 5.74) is 0.905. The average molecular weight is 369 g/mol. The lowest BCUT2D eigenvalue weighted by Crippen LogP contribution is -2.40. The number of hydrogen-bond acceptors (Lipinski definition) is 4. The molecule has 2 aromatic carbocycles. The number of carbonyl (C=O) groups is 2. The molecule has 0 aromatic heterocycles. The molecule has 6 heteroatoms. The minimum Gasteiger partial charge on any atom is -0.375 e. The molecule has 136 valence electrons. The summed E-state index contributed by atoms with van der Waals surface area (Å²) >= 11 is 1.65. The Balaban J connectivity index is 1.49. The van der Waals surface area contributed by atoms with Crippen LogP contribution in [0.1, 0.15) is 12.8 Å². The largest absolute Gasteiger partial charge is 0.375 e. The van der Waals surface area contributed by atoms with Crippen LogP contribution >= 0.6 is 11.8 Å². The normalized spacial score (nSPS) is 13.5. The van der Waals surface area contributed by atoms with E-state index in [0.717, 1.165) is 41.4 Å². The van der Waals surface area contributed by atoms with Gasteiger partial charge >= 0.3 is 0 Å². The molecule has 0 atom stereocenters. The minimum atomic E-state index is -0.183. The summed E-state index contributed by atoms with van der Waals surface area (Å²) in [6.45, 7) is 1.81. The van der Waals surface area contributed by atoms with Gasteiger partial charge in [0.2, 0.25) is 11.8 Å². The number of benzene rings is 2. The number of para-hydroxylation sites is 1. The highest BCUT2D eigenvalue weighted by molar-refractivity contribution is 7.99. The highest BCUT2D eigenvalue weighted by atomic mass is 32.2. The number of likely N-dealkylation sites (tertiary alicyclic amines) is 1. The predicted octanol–water partition coefficient (Wildman–Crippen LogP) is 2.99. The van der Waals surface area contributed by atoms with E-state index in [1.807, 2.05) is 42.5 Å². The molecule has 1 aliphatic heterocycles. The van der Waals surface area contributed by atoms with E-state index in [4.69, 9.17) is 0 Å². The van der Waals surface area contributed by atoms with Gasteiger partial charge in [-0.1, -0.05) is 42.1 Å². The first-order valence-electron chi connectivity index (χ1n) is 8.82. The molecule has 26 heavy (non-hydrogen) atoms. The van der Waals surface area contributed by atoms with Crippen molar-refractivity contribution in [3.05, 3.63) is 54.6 Å². The molecule has 1 saturated heterocycles. The third-order valence-electron chi connectivity index (χ3n) is 4.19. The van der Waals surface area contributed by atoms with Gasteiger partial charge in [-0.15, -0.1) is 0 Å². The van der Waals surface area contributed by atoms with Crippen molar-refractivity contribution in [3.63, 3.8) is 0 Å². The Morgan fingerprint density at radius 3 is 2.38 bits per heavy atom. The van der Waals surface area contributed by atoms with Crippen molar-refractivity contribution in [2.75, 3.05) is 31.5 Å². The second-order valence-electron chi connectivity index (χ2n) is 6.13. The fourth-order valence-corrected chi connectivity index (χ4v) is 3.75. The molecule has 0 bridgehead atoms. The maximum atomic E-state index is 12.1. The van der Waals surface area contributed by atoms with Crippen LogP contribution in [0, 0.1) is 0 Å². The van der Waals surface area contributed by atoms with E-state index in [0.29, 0.717) is 0 Å². The lowest BCUT2D eigenvalue weighted by Gasteiger charge is -2.16. The van der Waals surface area contributed by atoms with Gasteiger partial charge in [-0.25, -0.2) is 0 Å². The second kappa shape index (κ2) is 9.29. The molecule has 5 nitrogen and oxygen atoms in total. The van der Waals surface area contributed by atoms with Crippen LogP contribution in [0.4, 0.5) is 5.69 Å². The zero-order valence-corrected chi connectivity index (χ0v) is 15.4. The fraction of sp³-hybridized carbons (Fsp3) is 0.300. The van der Waals surface area contributed by atoms with E-state index in [1.54, 1.807) is 16.7 Å². The standard InChI is InChI=1S/C20H23N3O2S/c24-19(22-15-20(25)23-12-6-7-13-23)14-21-17-10-4-5-11-18(17)26-16-8-2-1-3-9-16/h1-5,8-11,21H,6-7,12-15H2,(H,22,24). The first-order valence-corrected chi connectivity index (χ1v) is 9.64. The molecule has 0 unspecified atom stereocenters. The molecule has 2 aromatic rings. The van der Waals surface area contributed by atoms with E-state index < -0.39 is 0 Å². The van der Waals surface area contributed by atoms with E-state index in [1.165, 1.54) is 0 Å². The molecular weight excluding hydrogens is 346 g/mol. The third kappa shape index (κ3) is 5.26. The molecule has 1 fully saturated rings. The van der Waals surface area contributed by atoms with Gasteiger partial charge in [0.1, 0.15) is 0 Å². The molecule has 2 N–H and O–H groups in total. The first kappa shape index (κ1) is 18.3. The van der Waals surface area contributed by atoms with E-state index in [-0.39, 0.29) is 24.9 Å². The number of carbonyl (C=O) groups excluding carboxylic acids is 2. The summed E-state index contributed by atoms with van der Waals surface area (Å²) in [5, 5.41) is 5.87. The van der Waals surface area contributed by atoms with Gasteiger partial charge < -0.3 is 15.5 Å². The number of nitrogens with one attached hydrogen (secondary N) is 2. The minimum absolute atomic E-state index is 0.00381. The first-order chi connectivity index (χ1) is 12.7. The zero-order valence-electron chi connectivity index (χ0n) is 14.6. The maximum Gasteiger partial charge on any atom is 0.241 e. The van der Waals surface area contributed by atoms with Crippen LogP contribution in [-0.4, -0.2) is 42.9 Å². The fourth-order valence-electron chi connectivity index (χ4n) is 2.81. The summed E-state index contributed by atoms with van der Waals surface area (Å²) in [4.78, 5) is 28.0. The number of amides is 2. The van der Waals surface area contributed by atoms with Gasteiger partial charge in [-0.05, 0) is 37.1 Å². The maximum absolute atomic E-state index is 12.1. The van der Waals surface area contributed by atoms with E-state index >= 15 is 0 Å². The number of rotatable bonds is 7. The van der Waals surface area contributed by atoms with E-state index in [9.17, 15) is 9.59 Å². The SMILES string of the molecule is O=C(CNc1ccccc1Sc1ccccc1)NCC(=O)N1CCCC1. The van der Waals surface area contributed by atoms with Gasteiger partial charge in [0.05, 0.1) is 13.1 Å². The Bertz CT molecular complexity index is 746. The van der Waals surface area contributed by atoms with Crippen molar-refractivity contribution in [3.8, 4) is 0 Å². The Labute approximate surface area is 158 Å². The molecule has 1 aliphatic rings.